The zero-order valence-corrected chi connectivity index (χ0v) is 21.1. The molecule has 0 amide bonds. The lowest BCUT2D eigenvalue weighted by Crippen LogP contribution is -2.39. The molecule has 1 saturated heterocycles. The van der Waals surface area contributed by atoms with Crippen molar-refractivity contribution in [2.75, 3.05) is 46.9 Å². The summed E-state index contributed by atoms with van der Waals surface area (Å²) in [4.78, 5) is 7.32. The van der Waals surface area contributed by atoms with Crippen LogP contribution in [0.1, 0.15) is 37.1 Å². The molecule has 0 spiro atoms. The minimum Gasteiger partial charge on any atom is -0.497 e. The van der Waals surface area contributed by atoms with Crippen LogP contribution >= 0.6 is 24.0 Å². The van der Waals surface area contributed by atoms with E-state index in [0.29, 0.717) is 6.54 Å². The summed E-state index contributed by atoms with van der Waals surface area (Å²) in [5.74, 6) is 3.50. The molecule has 1 aromatic carbocycles. The van der Waals surface area contributed by atoms with Crippen LogP contribution < -0.4 is 20.1 Å². The highest BCUT2D eigenvalue weighted by Gasteiger charge is 2.25. The van der Waals surface area contributed by atoms with Crippen molar-refractivity contribution in [3.05, 3.63) is 47.9 Å². The van der Waals surface area contributed by atoms with E-state index in [4.69, 9.17) is 18.9 Å². The van der Waals surface area contributed by atoms with Crippen molar-refractivity contribution >= 4 is 29.9 Å². The van der Waals surface area contributed by atoms with Gasteiger partial charge in [-0.25, -0.2) is 0 Å². The lowest BCUT2D eigenvalue weighted by molar-refractivity contribution is 0.221. The first-order chi connectivity index (χ1) is 14.7. The maximum Gasteiger partial charge on any atom is 0.191 e. The molecule has 0 saturated carbocycles. The fourth-order valence-corrected chi connectivity index (χ4v) is 3.83. The molecule has 1 fully saturated rings. The van der Waals surface area contributed by atoms with E-state index in [1.54, 1.807) is 20.5 Å². The SMILES string of the molecule is CCNC(=NCC(c1ccco1)N1CCCC1)NCCc1cc(OC)ccc1OC.I. The first-order valence-corrected chi connectivity index (χ1v) is 10.8. The van der Waals surface area contributed by atoms with Gasteiger partial charge in [0.1, 0.15) is 17.3 Å². The molecule has 3 rings (SSSR count). The molecule has 1 aliphatic rings. The highest BCUT2D eigenvalue weighted by atomic mass is 127. The summed E-state index contributed by atoms with van der Waals surface area (Å²) in [5.41, 5.74) is 1.10. The van der Waals surface area contributed by atoms with E-state index in [1.165, 1.54) is 12.8 Å². The molecule has 2 N–H and O–H groups in total. The molecule has 1 atom stereocenters. The summed E-state index contributed by atoms with van der Waals surface area (Å²) < 4.78 is 16.5. The van der Waals surface area contributed by atoms with Crippen LogP contribution in [0, 0.1) is 0 Å². The lowest BCUT2D eigenvalue weighted by Gasteiger charge is -2.24. The standard InChI is InChI=1S/C23H34N4O3.HI/c1-4-24-23(25-12-11-18-16-19(28-2)9-10-21(18)29-3)26-17-20(22-8-7-15-30-22)27-13-5-6-14-27;/h7-10,15-16,20H,4-6,11-14,17H2,1-3H3,(H2,24,25,26);1H. The Labute approximate surface area is 202 Å². The van der Waals surface area contributed by atoms with E-state index in [2.05, 4.69) is 22.5 Å². The molecule has 172 valence electrons. The monoisotopic (exact) mass is 542 g/mol. The van der Waals surface area contributed by atoms with Gasteiger partial charge in [-0.05, 0) is 75.2 Å². The Morgan fingerprint density at radius 1 is 1.16 bits per heavy atom. The van der Waals surface area contributed by atoms with Crippen LogP contribution in [0.15, 0.2) is 46.0 Å². The Bertz CT molecular complexity index is 792. The van der Waals surface area contributed by atoms with Crippen molar-refractivity contribution in [3.8, 4) is 11.5 Å². The second-order valence-electron chi connectivity index (χ2n) is 7.35. The third kappa shape index (κ3) is 7.31. The van der Waals surface area contributed by atoms with Crippen molar-refractivity contribution in [2.45, 2.75) is 32.2 Å². The molecular weight excluding hydrogens is 507 g/mol. The summed E-state index contributed by atoms with van der Waals surface area (Å²) in [6, 6.07) is 10.1. The fourth-order valence-electron chi connectivity index (χ4n) is 3.83. The van der Waals surface area contributed by atoms with Gasteiger partial charge in [0, 0.05) is 13.1 Å². The first kappa shape index (κ1) is 25.3. The highest BCUT2D eigenvalue weighted by Crippen LogP contribution is 2.26. The van der Waals surface area contributed by atoms with Gasteiger partial charge in [0.25, 0.3) is 0 Å². The van der Waals surface area contributed by atoms with Gasteiger partial charge in [-0.2, -0.15) is 0 Å². The zero-order chi connectivity index (χ0) is 21.2. The summed E-state index contributed by atoms with van der Waals surface area (Å²) in [5, 5.41) is 6.79. The van der Waals surface area contributed by atoms with Gasteiger partial charge in [-0.1, -0.05) is 0 Å². The average Bonchev–Trinajstić information content (AvgIpc) is 3.49. The summed E-state index contributed by atoms with van der Waals surface area (Å²) >= 11 is 0. The van der Waals surface area contributed by atoms with Crippen molar-refractivity contribution in [2.24, 2.45) is 4.99 Å². The molecule has 7 nitrogen and oxygen atoms in total. The second-order valence-corrected chi connectivity index (χ2v) is 7.35. The predicted molar refractivity (Wildman–Crippen MR) is 135 cm³/mol. The van der Waals surface area contributed by atoms with Gasteiger partial charge in [-0.3, -0.25) is 9.89 Å². The molecule has 8 heteroatoms. The number of methoxy groups -OCH3 is 2. The molecule has 1 aliphatic heterocycles. The maximum atomic E-state index is 5.71. The number of nitrogens with zero attached hydrogens (tertiary/aromatic N) is 2. The Balaban J connectivity index is 0.00000341. The minimum atomic E-state index is 0. The molecule has 0 bridgehead atoms. The van der Waals surface area contributed by atoms with Crippen LogP contribution in [-0.4, -0.2) is 57.8 Å². The Morgan fingerprint density at radius 3 is 2.61 bits per heavy atom. The number of benzene rings is 1. The molecular formula is C23H35IN4O3. The van der Waals surface area contributed by atoms with Crippen LogP contribution in [0.3, 0.4) is 0 Å². The van der Waals surface area contributed by atoms with Crippen molar-refractivity contribution in [1.82, 2.24) is 15.5 Å². The van der Waals surface area contributed by atoms with Crippen LogP contribution in [0.5, 0.6) is 11.5 Å². The number of rotatable bonds is 10. The van der Waals surface area contributed by atoms with Gasteiger partial charge >= 0.3 is 0 Å². The minimum absolute atomic E-state index is 0. The number of hydrogen-bond donors (Lipinski definition) is 2. The summed E-state index contributed by atoms with van der Waals surface area (Å²) in [6.07, 6.45) is 5.02. The number of furan rings is 1. The van der Waals surface area contributed by atoms with E-state index < -0.39 is 0 Å². The molecule has 1 aromatic heterocycles. The first-order valence-electron chi connectivity index (χ1n) is 10.8. The molecule has 0 aliphatic carbocycles. The molecule has 2 aromatic rings. The van der Waals surface area contributed by atoms with Crippen molar-refractivity contribution < 1.29 is 13.9 Å². The number of ether oxygens (including phenoxy) is 2. The lowest BCUT2D eigenvalue weighted by atomic mass is 10.1. The quantitative estimate of drug-likeness (QED) is 0.270. The molecule has 0 radical (unpaired) electrons. The summed E-state index contributed by atoms with van der Waals surface area (Å²) in [7, 11) is 3.37. The Hall–Kier alpha value is -1.94. The Kier molecular flexibility index (Phi) is 11.0. The van der Waals surface area contributed by atoms with E-state index in [9.17, 15) is 0 Å². The van der Waals surface area contributed by atoms with Gasteiger partial charge in [0.15, 0.2) is 5.96 Å². The van der Waals surface area contributed by atoms with Crippen molar-refractivity contribution in [1.29, 1.82) is 0 Å². The molecule has 2 heterocycles. The van der Waals surface area contributed by atoms with Crippen LogP contribution in [0.25, 0.3) is 0 Å². The van der Waals surface area contributed by atoms with Crippen LogP contribution in [0.4, 0.5) is 0 Å². The Morgan fingerprint density at radius 2 is 1.97 bits per heavy atom. The van der Waals surface area contributed by atoms with Crippen LogP contribution in [0.2, 0.25) is 0 Å². The van der Waals surface area contributed by atoms with Crippen LogP contribution in [-0.2, 0) is 6.42 Å². The number of halogens is 1. The van der Waals surface area contributed by atoms with E-state index >= 15 is 0 Å². The van der Waals surface area contributed by atoms with Gasteiger partial charge < -0.3 is 24.5 Å². The predicted octanol–water partition coefficient (Wildman–Crippen LogP) is 3.85. The smallest absolute Gasteiger partial charge is 0.191 e. The third-order valence-corrected chi connectivity index (χ3v) is 5.39. The number of hydrogen-bond acceptors (Lipinski definition) is 5. The topological polar surface area (TPSA) is 71.3 Å². The third-order valence-electron chi connectivity index (χ3n) is 5.39. The van der Waals surface area contributed by atoms with Gasteiger partial charge in [0.05, 0.1) is 33.1 Å². The van der Waals surface area contributed by atoms with Gasteiger partial charge in [0.2, 0.25) is 0 Å². The van der Waals surface area contributed by atoms with E-state index in [-0.39, 0.29) is 30.0 Å². The fraction of sp³-hybridized carbons (Fsp3) is 0.522. The average molecular weight is 542 g/mol. The maximum absolute atomic E-state index is 5.71. The number of likely N-dealkylation sites (tertiary alicyclic amines) is 1. The van der Waals surface area contributed by atoms with Crippen molar-refractivity contribution in [3.63, 3.8) is 0 Å². The normalized spacial score (nSPS) is 15.3. The zero-order valence-electron chi connectivity index (χ0n) is 18.7. The van der Waals surface area contributed by atoms with E-state index in [1.807, 2.05) is 30.3 Å². The second kappa shape index (κ2) is 13.5. The highest BCUT2D eigenvalue weighted by molar-refractivity contribution is 14.0. The largest absolute Gasteiger partial charge is 0.497 e. The number of aliphatic imine (C=N–C) groups is 1. The van der Waals surface area contributed by atoms with E-state index in [0.717, 1.165) is 61.4 Å². The summed E-state index contributed by atoms with van der Waals surface area (Å²) in [6.45, 7) is 6.48. The molecule has 31 heavy (non-hydrogen) atoms. The number of guanidine groups is 1. The van der Waals surface area contributed by atoms with Gasteiger partial charge in [-0.15, -0.1) is 24.0 Å². The number of nitrogens with one attached hydrogen (secondary N) is 2. The molecule has 1 unspecified atom stereocenters.